The third-order valence-corrected chi connectivity index (χ3v) is 15.1. The van der Waals surface area contributed by atoms with Crippen molar-refractivity contribution in [3.8, 4) is 0 Å². The van der Waals surface area contributed by atoms with Crippen LogP contribution in [0.3, 0.4) is 0 Å². The van der Waals surface area contributed by atoms with E-state index in [-0.39, 0.29) is 0 Å². The van der Waals surface area contributed by atoms with Gasteiger partial charge in [-0.05, 0) is 0 Å². The van der Waals surface area contributed by atoms with Crippen molar-refractivity contribution >= 4 is 29.9 Å². The molecule has 0 amide bonds. The standard InChI is InChI=1S/C16H21BrOSe/c1-15(2)12-8-9-16(15)11-19(17,18-14(16)10-12)13-6-4-3-5-7-13/h3-7,12,14H,8-11H2,1-2H3/t12-,14-,16-/m1/s1. The summed E-state index contributed by atoms with van der Waals surface area (Å²) < 4.78 is 8.12. The van der Waals surface area contributed by atoms with Gasteiger partial charge in [0.1, 0.15) is 0 Å². The van der Waals surface area contributed by atoms with Crippen molar-refractivity contribution in [2.75, 3.05) is 0 Å². The van der Waals surface area contributed by atoms with Crippen LogP contribution in [-0.2, 0) is 3.82 Å². The van der Waals surface area contributed by atoms with Crippen molar-refractivity contribution in [3.63, 3.8) is 0 Å². The Morgan fingerprint density at radius 1 is 1.26 bits per heavy atom. The summed E-state index contributed by atoms with van der Waals surface area (Å²) in [6, 6.07) is 10.9. The molecule has 1 heterocycles. The van der Waals surface area contributed by atoms with Crippen molar-refractivity contribution in [1.82, 2.24) is 0 Å². The summed E-state index contributed by atoms with van der Waals surface area (Å²) >= 11 is 1.98. The molecule has 19 heavy (non-hydrogen) atoms. The van der Waals surface area contributed by atoms with Crippen LogP contribution >= 0.6 is 14.1 Å². The van der Waals surface area contributed by atoms with Gasteiger partial charge in [0.05, 0.1) is 0 Å². The van der Waals surface area contributed by atoms with Gasteiger partial charge in [-0.3, -0.25) is 0 Å². The molecule has 0 N–H and O–H groups in total. The van der Waals surface area contributed by atoms with Crippen LogP contribution in [0.2, 0.25) is 5.32 Å². The Hall–Kier alpha value is 0.179. The van der Waals surface area contributed by atoms with Crippen LogP contribution < -0.4 is 4.46 Å². The first-order chi connectivity index (χ1) is 8.98. The topological polar surface area (TPSA) is 9.23 Å². The number of fused-ring (bicyclic) bond motifs is 1. The maximum absolute atomic E-state index is 6.69. The molecule has 2 aliphatic carbocycles. The Balaban J connectivity index is 1.75. The van der Waals surface area contributed by atoms with E-state index in [1.165, 1.54) is 29.0 Å². The zero-order chi connectivity index (χ0) is 13.3. The Kier molecular flexibility index (Phi) is 2.63. The van der Waals surface area contributed by atoms with Gasteiger partial charge >= 0.3 is 125 Å². The molecule has 1 nitrogen and oxygen atoms in total. The molecule has 1 aromatic rings. The molecule has 0 aromatic heterocycles. The van der Waals surface area contributed by atoms with Gasteiger partial charge in [0.15, 0.2) is 0 Å². The molecular formula is C16H21BrOSe. The van der Waals surface area contributed by atoms with Crippen LogP contribution in [0.1, 0.15) is 33.1 Å². The average Bonchev–Trinajstić information content (AvgIpc) is 2.91. The SMILES string of the molecule is CC1(C)[C@@H]2CC[C@]13C[Se](Br)(c1ccccc1)O[C@@H]3C2. The molecule has 3 aliphatic rings. The van der Waals surface area contributed by atoms with Crippen molar-refractivity contribution < 1.29 is 3.82 Å². The zero-order valence-electron chi connectivity index (χ0n) is 11.6. The second-order valence-corrected chi connectivity index (χ2v) is 16.9. The molecule has 104 valence electrons. The first-order valence-corrected chi connectivity index (χ1v) is 14.0. The summed E-state index contributed by atoms with van der Waals surface area (Å²) in [4.78, 5) is 0. The Morgan fingerprint density at radius 2 is 2.00 bits per heavy atom. The van der Waals surface area contributed by atoms with Gasteiger partial charge in [-0.25, -0.2) is 0 Å². The van der Waals surface area contributed by atoms with Crippen LogP contribution in [0.5, 0.6) is 0 Å². The number of benzene rings is 1. The molecule has 4 atom stereocenters. The molecule has 0 radical (unpaired) electrons. The molecule has 3 heteroatoms. The van der Waals surface area contributed by atoms with Gasteiger partial charge in [-0.2, -0.15) is 0 Å². The van der Waals surface area contributed by atoms with E-state index in [9.17, 15) is 0 Å². The fourth-order valence-electron chi connectivity index (χ4n) is 4.79. The van der Waals surface area contributed by atoms with Gasteiger partial charge in [0.25, 0.3) is 0 Å². The van der Waals surface area contributed by atoms with Crippen LogP contribution in [0.15, 0.2) is 30.3 Å². The van der Waals surface area contributed by atoms with Crippen molar-refractivity contribution in [1.29, 1.82) is 0 Å². The van der Waals surface area contributed by atoms with E-state index in [2.05, 4.69) is 58.3 Å². The molecular weight excluding hydrogens is 367 g/mol. The van der Waals surface area contributed by atoms with Crippen LogP contribution in [0.4, 0.5) is 0 Å². The van der Waals surface area contributed by atoms with Crippen molar-refractivity contribution in [3.05, 3.63) is 30.3 Å². The molecule has 4 rings (SSSR count). The summed E-state index contributed by atoms with van der Waals surface area (Å²) in [6.45, 7) is 4.99. The van der Waals surface area contributed by atoms with Crippen LogP contribution in [0, 0.1) is 16.7 Å². The van der Waals surface area contributed by atoms with Gasteiger partial charge in [-0.1, -0.05) is 0 Å². The molecule has 2 bridgehead atoms. The number of hydrogen-bond acceptors (Lipinski definition) is 1. The van der Waals surface area contributed by atoms with Gasteiger partial charge in [-0.15, -0.1) is 0 Å². The van der Waals surface area contributed by atoms with E-state index in [0.717, 1.165) is 5.92 Å². The number of hydrogen-bond donors (Lipinski definition) is 0. The number of rotatable bonds is 1. The summed E-state index contributed by atoms with van der Waals surface area (Å²) in [5.74, 6) is 0.891. The molecule has 1 saturated heterocycles. The summed E-state index contributed by atoms with van der Waals surface area (Å²) in [7, 11) is 0. The Labute approximate surface area is 125 Å². The molecule has 1 aliphatic heterocycles. The van der Waals surface area contributed by atoms with Crippen molar-refractivity contribution in [2.24, 2.45) is 16.7 Å². The quantitative estimate of drug-likeness (QED) is 0.662. The Morgan fingerprint density at radius 3 is 2.63 bits per heavy atom. The first-order valence-electron chi connectivity index (χ1n) is 7.22. The average molecular weight is 388 g/mol. The third kappa shape index (κ3) is 1.51. The molecule has 2 saturated carbocycles. The predicted octanol–water partition coefficient (Wildman–Crippen LogP) is 3.96. The fourth-order valence-corrected chi connectivity index (χ4v) is 15.1. The van der Waals surface area contributed by atoms with Crippen LogP contribution in [-0.4, -0.2) is 17.5 Å². The summed E-state index contributed by atoms with van der Waals surface area (Å²) in [5, 5.41) is 1.28. The third-order valence-electron chi connectivity index (χ3n) is 6.16. The van der Waals surface area contributed by atoms with E-state index < -0.39 is 11.4 Å². The fraction of sp³-hybridized carbons (Fsp3) is 0.625. The molecule has 1 spiro atoms. The number of halogens is 1. The first kappa shape index (κ1) is 12.9. The second kappa shape index (κ2) is 3.88. The van der Waals surface area contributed by atoms with E-state index in [1.807, 2.05) is 0 Å². The van der Waals surface area contributed by atoms with Crippen molar-refractivity contribution in [2.45, 2.75) is 44.5 Å². The van der Waals surface area contributed by atoms with Gasteiger partial charge < -0.3 is 0 Å². The summed E-state index contributed by atoms with van der Waals surface area (Å²) in [5.41, 5.74) is 0.927. The minimum absolute atomic E-state index is 0.455. The van der Waals surface area contributed by atoms with E-state index >= 15 is 0 Å². The molecule has 1 unspecified atom stereocenters. The normalized spacial score (nSPS) is 49.8. The van der Waals surface area contributed by atoms with E-state index in [1.54, 1.807) is 0 Å². The maximum atomic E-state index is 6.69. The van der Waals surface area contributed by atoms with Gasteiger partial charge in [0.2, 0.25) is 0 Å². The Bertz CT molecular complexity index is 517. The zero-order valence-corrected chi connectivity index (χ0v) is 14.9. The molecule has 3 fully saturated rings. The van der Waals surface area contributed by atoms with Crippen LogP contribution in [0.25, 0.3) is 0 Å². The van der Waals surface area contributed by atoms with Gasteiger partial charge in [0, 0.05) is 0 Å². The minimum atomic E-state index is -2.11. The predicted molar refractivity (Wildman–Crippen MR) is 84.0 cm³/mol. The summed E-state index contributed by atoms with van der Waals surface area (Å²) in [6.07, 6.45) is 4.61. The molecule has 1 aromatic carbocycles. The van der Waals surface area contributed by atoms with E-state index in [4.69, 9.17) is 3.82 Å². The van der Waals surface area contributed by atoms with E-state index in [0.29, 0.717) is 16.9 Å². The second-order valence-electron chi connectivity index (χ2n) is 6.99. The monoisotopic (exact) mass is 388 g/mol.